The quantitative estimate of drug-likeness (QED) is 0.704. The van der Waals surface area contributed by atoms with E-state index in [1.165, 1.54) is 6.92 Å². The molecule has 0 atom stereocenters. The fourth-order valence-corrected chi connectivity index (χ4v) is 0.725. The summed E-state index contributed by atoms with van der Waals surface area (Å²) in [5, 5.41) is 14.7. The van der Waals surface area contributed by atoms with Crippen LogP contribution in [0.1, 0.15) is 6.92 Å². The molecule has 4 nitrogen and oxygen atoms in total. The average molecular weight is 200 g/mol. The van der Waals surface area contributed by atoms with Crippen LogP contribution in [0.15, 0.2) is 30.3 Å². The van der Waals surface area contributed by atoms with Gasteiger partial charge in [0.25, 0.3) is 0 Å². The third-order valence-electron chi connectivity index (χ3n) is 1.09. The van der Waals surface area contributed by atoms with E-state index in [0.717, 1.165) is 5.69 Å². The van der Waals surface area contributed by atoms with Gasteiger partial charge in [-0.2, -0.15) is 0 Å². The van der Waals surface area contributed by atoms with Gasteiger partial charge >= 0.3 is 0 Å². The minimum absolute atomic E-state index is 0. The summed E-state index contributed by atoms with van der Waals surface area (Å²) in [5.74, 6) is -0.0359. The summed E-state index contributed by atoms with van der Waals surface area (Å²) < 4.78 is 0. The molecule has 0 aliphatic carbocycles. The normalized spacial score (nSPS) is 7.00. The monoisotopic (exact) mass is 199 g/mol. The lowest BCUT2D eigenvalue weighted by molar-refractivity contribution is -0.114. The predicted octanol–water partition coefficient (Wildman–Crippen LogP) is 2.10. The summed E-state index contributed by atoms with van der Waals surface area (Å²) in [5.41, 5.74) is 0.843. The van der Waals surface area contributed by atoms with Crippen LogP contribution in [-0.2, 0) is 4.79 Å². The second-order valence-electron chi connectivity index (χ2n) is 2.05. The van der Waals surface area contributed by atoms with E-state index in [1.807, 2.05) is 30.3 Å². The Balaban J connectivity index is 0. The van der Waals surface area contributed by atoms with Crippen LogP contribution in [0.4, 0.5) is 5.69 Å². The number of nitrogens with one attached hydrogen (secondary N) is 1. The number of hydrogen-bond acceptors (Lipinski definition) is 3. The third-order valence-corrected chi connectivity index (χ3v) is 1.09. The van der Waals surface area contributed by atoms with Gasteiger partial charge in [-0.15, -0.1) is 12.4 Å². The lowest BCUT2D eigenvalue weighted by Gasteiger charge is -1.98. The Morgan fingerprint density at radius 3 is 2.08 bits per heavy atom. The number of benzene rings is 1. The number of para-hydroxylation sites is 1. The van der Waals surface area contributed by atoms with Crippen LogP contribution >= 0.6 is 12.4 Å². The van der Waals surface area contributed by atoms with E-state index in [9.17, 15) is 4.79 Å². The fourth-order valence-electron chi connectivity index (χ4n) is 0.725. The lowest BCUT2D eigenvalue weighted by Crippen LogP contribution is -2.04. The molecule has 0 radical (unpaired) electrons. The van der Waals surface area contributed by atoms with E-state index in [1.54, 1.807) is 0 Å². The highest BCUT2D eigenvalue weighted by Gasteiger charge is 1.90. The van der Waals surface area contributed by atoms with Gasteiger partial charge in [0.15, 0.2) is 0 Å². The average Bonchev–Trinajstić information content (AvgIpc) is 2.08. The Morgan fingerprint density at radius 1 is 1.23 bits per heavy atom. The number of hydrogen-bond donors (Lipinski definition) is 1. The van der Waals surface area contributed by atoms with E-state index in [0.29, 0.717) is 0 Å². The van der Waals surface area contributed by atoms with Crippen molar-refractivity contribution in [3.05, 3.63) is 30.3 Å². The predicted molar refractivity (Wildman–Crippen MR) is 51.4 cm³/mol. The molecule has 0 aliphatic heterocycles. The molecule has 0 bridgehead atoms. The highest BCUT2D eigenvalue weighted by Crippen LogP contribution is 2.03. The van der Waals surface area contributed by atoms with E-state index in [2.05, 4.69) is 5.32 Å². The van der Waals surface area contributed by atoms with Gasteiger partial charge in [-0.3, -0.25) is 4.79 Å². The van der Waals surface area contributed by atoms with Gasteiger partial charge in [-0.1, -0.05) is 18.2 Å². The van der Waals surface area contributed by atoms with Gasteiger partial charge < -0.3 is 5.32 Å². The SMILES string of the molecule is CC(=O)Nc1ccccc1.Cl.N#N. The third kappa shape index (κ3) is 6.78. The molecule has 1 amide bonds. The second-order valence-corrected chi connectivity index (χ2v) is 2.05. The molecule has 0 aliphatic rings. The van der Waals surface area contributed by atoms with Gasteiger partial charge in [0.05, 0.1) is 0 Å². The minimum Gasteiger partial charge on any atom is -0.326 e. The van der Waals surface area contributed by atoms with Crippen LogP contribution in [0.25, 0.3) is 0 Å². The molecule has 5 heteroatoms. The lowest BCUT2D eigenvalue weighted by atomic mass is 10.3. The molecule has 70 valence electrons. The first kappa shape index (κ1) is 14.0. The summed E-state index contributed by atoms with van der Waals surface area (Å²) in [6.45, 7) is 1.49. The number of halogens is 1. The Hall–Kier alpha value is -1.60. The van der Waals surface area contributed by atoms with Gasteiger partial charge in [0.2, 0.25) is 5.91 Å². The summed E-state index contributed by atoms with van der Waals surface area (Å²) in [6, 6.07) is 9.37. The van der Waals surface area contributed by atoms with E-state index in [4.69, 9.17) is 10.8 Å². The smallest absolute Gasteiger partial charge is 0.221 e. The molecule has 0 spiro atoms. The van der Waals surface area contributed by atoms with Crippen molar-refractivity contribution in [3.8, 4) is 0 Å². The second kappa shape index (κ2) is 8.50. The summed E-state index contributed by atoms with van der Waals surface area (Å²) in [7, 11) is 0. The topological polar surface area (TPSA) is 76.7 Å². The molecule has 0 aromatic heterocycles. The van der Waals surface area contributed by atoms with E-state index < -0.39 is 0 Å². The zero-order chi connectivity index (χ0) is 9.40. The number of nitrogens with zero attached hydrogens (tertiary/aromatic N) is 2. The number of carbonyl (C=O) groups is 1. The highest BCUT2D eigenvalue weighted by molar-refractivity contribution is 5.88. The first-order valence-electron chi connectivity index (χ1n) is 3.31. The fraction of sp³-hybridized carbons (Fsp3) is 0.125. The Labute approximate surface area is 82.8 Å². The van der Waals surface area contributed by atoms with Crippen molar-refractivity contribution in [1.29, 1.82) is 10.8 Å². The van der Waals surface area contributed by atoms with Crippen molar-refractivity contribution >= 4 is 24.0 Å². The van der Waals surface area contributed by atoms with Gasteiger partial charge in [0.1, 0.15) is 0 Å². The van der Waals surface area contributed by atoms with Crippen LogP contribution in [0, 0.1) is 10.8 Å². The summed E-state index contributed by atoms with van der Waals surface area (Å²) >= 11 is 0. The van der Waals surface area contributed by atoms with E-state index >= 15 is 0 Å². The first-order valence-corrected chi connectivity index (χ1v) is 3.31. The van der Waals surface area contributed by atoms with Crippen molar-refractivity contribution in [2.75, 3.05) is 5.32 Å². The van der Waals surface area contributed by atoms with Crippen LogP contribution in [0.5, 0.6) is 0 Å². The Kier molecular flexibility index (Phi) is 9.12. The maximum Gasteiger partial charge on any atom is 0.221 e. The molecule has 13 heavy (non-hydrogen) atoms. The van der Waals surface area contributed by atoms with Gasteiger partial charge in [-0.05, 0) is 12.1 Å². The molecule has 0 saturated carbocycles. The zero-order valence-corrected chi connectivity index (χ0v) is 7.91. The minimum atomic E-state index is -0.0359. The molecule has 0 heterocycles. The van der Waals surface area contributed by atoms with Crippen LogP contribution in [0.3, 0.4) is 0 Å². The van der Waals surface area contributed by atoms with Crippen molar-refractivity contribution in [2.24, 2.45) is 0 Å². The number of carbonyl (C=O) groups excluding carboxylic acids is 1. The molecule has 1 aromatic carbocycles. The number of anilines is 1. The maximum atomic E-state index is 10.5. The zero-order valence-electron chi connectivity index (χ0n) is 7.10. The number of rotatable bonds is 1. The molecular weight excluding hydrogens is 190 g/mol. The number of amides is 1. The van der Waals surface area contributed by atoms with Crippen molar-refractivity contribution in [1.82, 2.24) is 0 Å². The Morgan fingerprint density at radius 2 is 1.69 bits per heavy atom. The van der Waals surface area contributed by atoms with Crippen molar-refractivity contribution in [3.63, 3.8) is 0 Å². The summed E-state index contributed by atoms with van der Waals surface area (Å²) in [6.07, 6.45) is 0. The van der Waals surface area contributed by atoms with Crippen molar-refractivity contribution in [2.45, 2.75) is 6.92 Å². The highest BCUT2D eigenvalue weighted by atomic mass is 35.5. The van der Waals surface area contributed by atoms with Crippen LogP contribution in [0.2, 0.25) is 0 Å². The standard InChI is InChI=1S/C8H9NO.ClH.N2/c1-7(10)9-8-5-3-2-4-6-8;;1-2/h2-6H,1H3,(H,9,10);1H;. The maximum absolute atomic E-state index is 10.5. The van der Waals surface area contributed by atoms with Crippen LogP contribution < -0.4 is 5.32 Å². The largest absolute Gasteiger partial charge is 0.326 e. The molecule has 1 rings (SSSR count). The molecule has 1 N–H and O–H groups in total. The summed E-state index contributed by atoms with van der Waals surface area (Å²) in [4.78, 5) is 10.5. The molecule has 0 unspecified atom stereocenters. The molecule has 0 saturated heterocycles. The van der Waals surface area contributed by atoms with E-state index in [-0.39, 0.29) is 18.3 Å². The van der Waals surface area contributed by atoms with Crippen LogP contribution in [-0.4, -0.2) is 5.91 Å². The van der Waals surface area contributed by atoms with Gasteiger partial charge in [-0.25, -0.2) is 0 Å². The molecular formula is C8H10ClN3O. The van der Waals surface area contributed by atoms with Gasteiger partial charge in [0, 0.05) is 23.4 Å². The first-order chi connectivity index (χ1) is 5.79. The molecule has 0 fully saturated rings. The van der Waals surface area contributed by atoms with Crippen molar-refractivity contribution < 1.29 is 4.79 Å². The molecule has 1 aromatic rings. The Bertz CT molecular complexity index is 261.